The largest absolute Gasteiger partial charge is 0.318 e. The third-order valence-corrected chi connectivity index (χ3v) is 5.16. The molecular weight excluding hydrogens is 351 g/mol. The molecule has 0 saturated heterocycles. The lowest BCUT2D eigenvalue weighted by molar-refractivity contribution is 0.858. The second-order valence-electron chi connectivity index (χ2n) is 6.21. The zero-order chi connectivity index (χ0) is 17.4. The Hall–Kier alpha value is -2.03. The van der Waals surface area contributed by atoms with Crippen LogP contribution in [0.4, 0.5) is 0 Å². The van der Waals surface area contributed by atoms with E-state index >= 15 is 0 Å². The molecule has 2 nitrogen and oxygen atoms in total. The molecule has 0 spiro atoms. The van der Waals surface area contributed by atoms with Gasteiger partial charge in [0, 0.05) is 33.1 Å². The topological polar surface area (TPSA) is 17.3 Å². The minimum Gasteiger partial charge on any atom is -0.318 e. The summed E-state index contributed by atoms with van der Waals surface area (Å²) in [5.41, 5.74) is 6.54. The number of benzene rings is 2. The van der Waals surface area contributed by atoms with Crippen LogP contribution < -0.4 is 0 Å². The molecule has 4 heteroatoms. The zero-order valence-corrected chi connectivity index (χ0v) is 15.5. The molecule has 0 saturated carbocycles. The molecular formula is C21H18Cl2N2. The fraction of sp³-hybridized carbons (Fsp3) is 0.190. The lowest BCUT2D eigenvalue weighted by Crippen LogP contribution is -2.07. The number of aliphatic imine (C=N–C) groups is 1. The van der Waals surface area contributed by atoms with Crippen LogP contribution in [0.2, 0.25) is 10.0 Å². The van der Waals surface area contributed by atoms with Gasteiger partial charge in [-0.25, -0.2) is 0 Å². The SMILES string of the molecule is CCCc1ccn2c1CN=C(c1ccccc1Cl)c1cc(Cl)ccc1-2. The average molecular weight is 369 g/mol. The first kappa shape index (κ1) is 16.4. The van der Waals surface area contributed by atoms with E-state index in [0.29, 0.717) is 16.6 Å². The molecule has 4 rings (SSSR count). The molecule has 0 aliphatic carbocycles. The van der Waals surface area contributed by atoms with Gasteiger partial charge in [-0.2, -0.15) is 0 Å². The average Bonchev–Trinajstić information content (AvgIpc) is 2.92. The summed E-state index contributed by atoms with van der Waals surface area (Å²) in [5.74, 6) is 0. The van der Waals surface area contributed by atoms with Crippen LogP contribution in [0.15, 0.2) is 59.7 Å². The summed E-state index contributed by atoms with van der Waals surface area (Å²) in [5, 5.41) is 1.40. The standard InChI is InChI=1S/C21H18Cl2N2/c1-2-5-14-10-11-25-19-9-8-15(22)12-17(19)21(24-13-20(14)25)16-6-3-4-7-18(16)23/h3-4,6-12H,2,5,13H2,1H3. The number of rotatable bonds is 3. The van der Waals surface area contributed by atoms with E-state index in [4.69, 9.17) is 28.2 Å². The molecule has 2 heterocycles. The van der Waals surface area contributed by atoms with Crippen molar-refractivity contribution in [3.8, 4) is 5.69 Å². The highest BCUT2D eigenvalue weighted by Gasteiger charge is 2.21. The lowest BCUT2D eigenvalue weighted by Gasteiger charge is -2.13. The number of halogens is 2. The maximum atomic E-state index is 6.46. The predicted molar refractivity (Wildman–Crippen MR) is 106 cm³/mol. The fourth-order valence-corrected chi connectivity index (χ4v) is 3.83. The Kier molecular flexibility index (Phi) is 4.41. The van der Waals surface area contributed by atoms with Gasteiger partial charge in [0.1, 0.15) is 0 Å². The van der Waals surface area contributed by atoms with E-state index in [9.17, 15) is 0 Å². The smallest absolute Gasteiger partial charge is 0.0805 e. The highest BCUT2D eigenvalue weighted by molar-refractivity contribution is 6.36. The van der Waals surface area contributed by atoms with Gasteiger partial charge in [-0.15, -0.1) is 0 Å². The van der Waals surface area contributed by atoms with Gasteiger partial charge in [-0.1, -0.05) is 54.7 Å². The summed E-state index contributed by atoms with van der Waals surface area (Å²) in [6.07, 6.45) is 4.31. The number of hydrogen-bond donors (Lipinski definition) is 0. The summed E-state index contributed by atoms with van der Waals surface area (Å²) in [7, 11) is 0. The number of nitrogens with zero attached hydrogens (tertiary/aromatic N) is 2. The summed E-state index contributed by atoms with van der Waals surface area (Å²) in [6.45, 7) is 2.84. The van der Waals surface area contributed by atoms with E-state index in [-0.39, 0.29) is 0 Å². The highest BCUT2D eigenvalue weighted by Crippen LogP contribution is 2.31. The Balaban J connectivity index is 1.96. The van der Waals surface area contributed by atoms with E-state index in [1.54, 1.807) is 0 Å². The van der Waals surface area contributed by atoms with E-state index in [2.05, 4.69) is 29.8 Å². The first-order valence-corrected chi connectivity index (χ1v) is 9.23. The van der Waals surface area contributed by atoms with Crippen molar-refractivity contribution in [1.82, 2.24) is 4.57 Å². The molecule has 0 unspecified atom stereocenters. The van der Waals surface area contributed by atoms with Crippen LogP contribution in [0, 0.1) is 0 Å². The first-order valence-electron chi connectivity index (χ1n) is 8.47. The van der Waals surface area contributed by atoms with Crippen molar-refractivity contribution in [2.75, 3.05) is 0 Å². The maximum Gasteiger partial charge on any atom is 0.0805 e. The molecule has 0 amide bonds. The van der Waals surface area contributed by atoms with Crippen molar-refractivity contribution in [1.29, 1.82) is 0 Å². The molecule has 1 aliphatic heterocycles. The first-order chi connectivity index (χ1) is 12.2. The van der Waals surface area contributed by atoms with E-state index in [1.807, 2.05) is 36.4 Å². The number of aryl methyl sites for hydroxylation is 1. The minimum absolute atomic E-state index is 0.634. The minimum atomic E-state index is 0.634. The molecule has 0 N–H and O–H groups in total. The molecule has 1 aliphatic rings. The number of hydrogen-bond acceptors (Lipinski definition) is 1. The molecule has 25 heavy (non-hydrogen) atoms. The third kappa shape index (κ3) is 2.90. The number of fused-ring (bicyclic) bond motifs is 3. The summed E-state index contributed by atoms with van der Waals surface area (Å²) >= 11 is 12.8. The van der Waals surface area contributed by atoms with Crippen LogP contribution in [0.3, 0.4) is 0 Å². The molecule has 3 aromatic rings. The van der Waals surface area contributed by atoms with Gasteiger partial charge in [0.05, 0.1) is 17.9 Å². The van der Waals surface area contributed by atoms with Crippen LogP contribution >= 0.6 is 23.2 Å². The van der Waals surface area contributed by atoms with E-state index in [0.717, 1.165) is 35.4 Å². The van der Waals surface area contributed by atoms with Crippen molar-refractivity contribution in [2.24, 2.45) is 4.99 Å². The quantitative estimate of drug-likeness (QED) is 0.532. The Morgan fingerprint density at radius 3 is 2.68 bits per heavy atom. The zero-order valence-electron chi connectivity index (χ0n) is 14.0. The van der Waals surface area contributed by atoms with Gasteiger partial charge in [-0.05, 0) is 42.3 Å². The monoisotopic (exact) mass is 368 g/mol. The van der Waals surface area contributed by atoms with Crippen molar-refractivity contribution in [2.45, 2.75) is 26.3 Å². The molecule has 0 atom stereocenters. The van der Waals surface area contributed by atoms with Crippen molar-refractivity contribution < 1.29 is 0 Å². The second kappa shape index (κ2) is 6.70. The Bertz CT molecular complexity index is 970. The molecule has 1 aromatic heterocycles. The molecule has 0 bridgehead atoms. The fourth-order valence-electron chi connectivity index (χ4n) is 3.44. The molecule has 2 aromatic carbocycles. The van der Waals surface area contributed by atoms with Gasteiger partial charge in [-0.3, -0.25) is 4.99 Å². The summed E-state index contributed by atoms with van der Waals surface area (Å²) < 4.78 is 2.24. The predicted octanol–water partition coefficient (Wildman–Crippen LogP) is 6.09. The van der Waals surface area contributed by atoms with Crippen LogP contribution in [0.1, 0.15) is 35.7 Å². The molecule has 0 radical (unpaired) electrons. The Labute approximate surface area is 157 Å². The highest BCUT2D eigenvalue weighted by atomic mass is 35.5. The van der Waals surface area contributed by atoms with Crippen LogP contribution in [-0.2, 0) is 13.0 Å². The van der Waals surface area contributed by atoms with Crippen LogP contribution in [0.5, 0.6) is 0 Å². The van der Waals surface area contributed by atoms with Crippen molar-refractivity contribution >= 4 is 28.9 Å². The molecule has 126 valence electrons. The van der Waals surface area contributed by atoms with Crippen molar-refractivity contribution in [3.05, 3.63) is 87.2 Å². The Morgan fingerprint density at radius 1 is 1.04 bits per heavy atom. The normalized spacial score (nSPS) is 13.0. The van der Waals surface area contributed by atoms with Crippen LogP contribution in [-0.4, -0.2) is 10.3 Å². The third-order valence-electron chi connectivity index (χ3n) is 4.59. The van der Waals surface area contributed by atoms with Crippen molar-refractivity contribution in [3.63, 3.8) is 0 Å². The van der Waals surface area contributed by atoms with Crippen LogP contribution in [0.25, 0.3) is 5.69 Å². The summed E-state index contributed by atoms with van der Waals surface area (Å²) in [4.78, 5) is 4.95. The van der Waals surface area contributed by atoms with E-state index < -0.39 is 0 Å². The Morgan fingerprint density at radius 2 is 1.88 bits per heavy atom. The van der Waals surface area contributed by atoms with Gasteiger partial charge in [0.25, 0.3) is 0 Å². The van der Waals surface area contributed by atoms with E-state index in [1.165, 1.54) is 11.3 Å². The van der Waals surface area contributed by atoms with Gasteiger partial charge in [0.2, 0.25) is 0 Å². The molecule has 0 fully saturated rings. The van der Waals surface area contributed by atoms with Gasteiger partial charge >= 0.3 is 0 Å². The van der Waals surface area contributed by atoms with Gasteiger partial charge < -0.3 is 4.57 Å². The lowest BCUT2D eigenvalue weighted by atomic mass is 10.0. The maximum absolute atomic E-state index is 6.46. The second-order valence-corrected chi connectivity index (χ2v) is 7.06. The number of aromatic nitrogens is 1. The summed E-state index contributed by atoms with van der Waals surface area (Å²) in [6, 6.07) is 16.0. The van der Waals surface area contributed by atoms with Gasteiger partial charge in [0.15, 0.2) is 0 Å².